The molecule has 2 amide bonds. The Morgan fingerprint density at radius 3 is 2.28 bits per heavy atom. The van der Waals surface area contributed by atoms with E-state index in [-0.39, 0.29) is 6.03 Å². The van der Waals surface area contributed by atoms with E-state index in [1.165, 1.54) is 11.1 Å². The van der Waals surface area contributed by atoms with Gasteiger partial charge in [-0.05, 0) is 51.2 Å². The third-order valence-electron chi connectivity index (χ3n) is 3.35. The summed E-state index contributed by atoms with van der Waals surface area (Å²) in [6.45, 7) is 5.69. The summed E-state index contributed by atoms with van der Waals surface area (Å²) in [5.74, 6) is 0. The molecule has 1 saturated heterocycles. The monoisotopic (exact) mass is 247 g/mol. The van der Waals surface area contributed by atoms with Crippen molar-refractivity contribution in [3.05, 3.63) is 29.3 Å². The third kappa shape index (κ3) is 2.82. The molecule has 1 aromatic carbocycles. The number of likely N-dealkylation sites (N-methyl/N-ethyl adjacent to an activating group) is 1. The average Bonchev–Trinajstić information content (AvgIpc) is 2.11. The van der Waals surface area contributed by atoms with Gasteiger partial charge in [0.25, 0.3) is 0 Å². The van der Waals surface area contributed by atoms with E-state index >= 15 is 0 Å². The van der Waals surface area contributed by atoms with Crippen molar-refractivity contribution >= 4 is 11.7 Å². The van der Waals surface area contributed by atoms with E-state index < -0.39 is 0 Å². The number of hydrogen-bond acceptors (Lipinski definition) is 2. The van der Waals surface area contributed by atoms with Crippen LogP contribution >= 0.6 is 0 Å². The van der Waals surface area contributed by atoms with Crippen LogP contribution in [-0.4, -0.2) is 49.1 Å². The molecule has 0 spiro atoms. The number of amides is 2. The highest BCUT2D eigenvalue weighted by molar-refractivity contribution is 5.90. The second-order valence-electron chi connectivity index (χ2n) is 5.33. The van der Waals surface area contributed by atoms with E-state index in [0.717, 1.165) is 18.8 Å². The molecule has 1 fully saturated rings. The highest BCUT2D eigenvalue weighted by Crippen LogP contribution is 2.17. The molecule has 4 heteroatoms. The summed E-state index contributed by atoms with van der Waals surface area (Å²) in [4.78, 5) is 16.0. The topological polar surface area (TPSA) is 35.6 Å². The number of hydrogen-bond donors (Lipinski definition) is 1. The van der Waals surface area contributed by atoms with Crippen molar-refractivity contribution in [2.75, 3.05) is 32.5 Å². The number of anilines is 1. The molecule has 0 aliphatic carbocycles. The van der Waals surface area contributed by atoms with E-state index in [1.807, 2.05) is 45.0 Å². The molecule has 0 radical (unpaired) electrons. The summed E-state index contributed by atoms with van der Waals surface area (Å²) >= 11 is 0. The maximum atomic E-state index is 12.0. The first kappa shape index (κ1) is 12.9. The fourth-order valence-corrected chi connectivity index (χ4v) is 2.20. The largest absolute Gasteiger partial charge is 0.321 e. The average molecular weight is 247 g/mol. The molecule has 1 aromatic rings. The van der Waals surface area contributed by atoms with Crippen LogP contribution in [0.25, 0.3) is 0 Å². The van der Waals surface area contributed by atoms with Crippen LogP contribution in [0, 0.1) is 13.8 Å². The van der Waals surface area contributed by atoms with E-state index in [9.17, 15) is 4.79 Å². The predicted molar refractivity (Wildman–Crippen MR) is 74.0 cm³/mol. The fourth-order valence-electron chi connectivity index (χ4n) is 2.20. The number of rotatable bonds is 2. The van der Waals surface area contributed by atoms with Gasteiger partial charge in [0.2, 0.25) is 0 Å². The first-order chi connectivity index (χ1) is 8.45. The first-order valence-electron chi connectivity index (χ1n) is 6.26. The van der Waals surface area contributed by atoms with E-state index in [2.05, 4.69) is 16.3 Å². The minimum absolute atomic E-state index is 0.00176. The van der Waals surface area contributed by atoms with Crippen molar-refractivity contribution in [2.45, 2.75) is 19.9 Å². The lowest BCUT2D eigenvalue weighted by atomic mass is 10.1. The van der Waals surface area contributed by atoms with Gasteiger partial charge in [-0.15, -0.1) is 0 Å². The SMILES string of the molecule is Cc1cc(C)cc(NC(=O)N2CC(N(C)C)C2)c1. The lowest BCUT2D eigenvalue weighted by Crippen LogP contribution is -2.60. The normalized spacial score (nSPS) is 15.7. The molecule has 1 aliphatic rings. The van der Waals surface area contributed by atoms with Gasteiger partial charge in [0.1, 0.15) is 0 Å². The Balaban J connectivity index is 1.92. The van der Waals surface area contributed by atoms with Crippen LogP contribution in [0.5, 0.6) is 0 Å². The van der Waals surface area contributed by atoms with Gasteiger partial charge in [0, 0.05) is 24.8 Å². The fraction of sp³-hybridized carbons (Fsp3) is 0.500. The van der Waals surface area contributed by atoms with Gasteiger partial charge in [-0.25, -0.2) is 4.79 Å². The van der Waals surface area contributed by atoms with Gasteiger partial charge in [0.15, 0.2) is 0 Å². The molecule has 1 heterocycles. The minimum atomic E-state index is -0.00176. The van der Waals surface area contributed by atoms with Gasteiger partial charge in [-0.3, -0.25) is 0 Å². The number of carbonyl (C=O) groups excluding carboxylic acids is 1. The molecule has 0 bridgehead atoms. The van der Waals surface area contributed by atoms with E-state index in [1.54, 1.807) is 0 Å². The molecule has 98 valence electrons. The van der Waals surface area contributed by atoms with Crippen LogP contribution in [-0.2, 0) is 0 Å². The van der Waals surface area contributed by atoms with Crippen molar-refractivity contribution in [3.63, 3.8) is 0 Å². The van der Waals surface area contributed by atoms with Crippen molar-refractivity contribution in [2.24, 2.45) is 0 Å². The van der Waals surface area contributed by atoms with Crippen LogP contribution in [0.2, 0.25) is 0 Å². The third-order valence-corrected chi connectivity index (χ3v) is 3.35. The van der Waals surface area contributed by atoms with Gasteiger partial charge in [-0.2, -0.15) is 0 Å². The maximum absolute atomic E-state index is 12.0. The van der Waals surface area contributed by atoms with Crippen molar-refractivity contribution < 1.29 is 4.79 Å². The smallest absolute Gasteiger partial charge is 0.321 e. The van der Waals surface area contributed by atoms with Crippen LogP contribution in [0.15, 0.2) is 18.2 Å². The maximum Gasteiger partial charge on any atom is 0.321 e. The number of nitrogens with zero attached hydrogens (tertiary/aromatic N) is 2. The molecule has 0 atom stereocenters. The molecular formula is C14H21N3O. The Kier molecular flexibility index (Phi) is 3.57. The molecule has 4 nitrogen and oxygen atoms in total. The molecule has 0 saturated carbocycles. The van der Waals surface area contributed by atoms with Gasteiger partial charge in [0.05, 0.1) is 0 Å². The second-order valence-corrected chi connectivity index (χ2v) is 5.33. The lowest BCUT2D eigenvalue weighted by molar-refractivity contribution is 0.0942. The summed E-state index contributed by atoms with van der Waals surface area (Å²) in [5.41, 5.74) is 3.21. The van der Waals surface area contributed by atoms with Crippen LogP contribution in [0.1, 0.15) is 11.1 Å². The van der Waals surface area contributed by atoms with Crippen molar-refractivity contribution in [1.29, 1.82) is 0 Å². The molecule has 0 unspecified atom stereocenters. The molecular weight excluding hydrogens is 226 g/mol. The number of nitrogens with one attached hydrogen (secondary N) is 1. The van der Waals surface area contributed by atoms with Gasteiger partial charge >= 0.3 is 6.03 Å². The summed E-state index contributed by atoms with van der Waals surface area (Å²) in [6, 6.07) is 6.58. The van der Waals surface area contributed by atoms with Gasteiger partial charge < -0.3 is 15.1 Å². The van der Waals surface area contributed by atoms with Crippen LogP contribution in [0.3, 0.4) is 0 Å². The van der Waals surface area contributed by atoms with Crippen molar-refractivity contribution in [3.8, 4) is 0 Å². The Morgan fingerprint density at radius 2 is 1.78 bits per heavy atom. The quantitative estimate of drug-likeness (QED) is 0.868. The Hall–Kier alpha value is -1.55. The summed E-state index contributed by atoms with van der Waals surface area (Å²) in [7, 11) is 4.09. The summed E-state index contributed by atoms with van der Waals surface area (Å²) < 4.78 is 0. The molecule has 18 heavy (non-hydrogen) atoms. The molecule has 2 rings (SSSR count). The summed E-state index contributed by atoms with van der Waals surface area (Å²) in [5, 5.41) is 2.95. The highest BCUT2D eigenvalue weighted by atomic mass is 16.2. The van der Waals surface area contributed by atoms with Crippen LogP contribution < -0.4 is 5.32 Å². The Bertz CT molecular complexity index is 430. The number of aryl methyl sites for hydroxylation is 2. The lowest BCUT2D eigenvalue weighted by Gasteiger charge is -2.42. The number of urea groups is 1. The van der Waals surface area contributed by atoms with Gasteiger partial charge in [-0.1, -0.05) is 6.07 Å². The molecule has 1 aliphatic heterocycles. The number of likely N-dealkylation sites (tertiary alicyclic amines) is 1. The summed E-state index contributed by atoms with van der Waals surface area (Å²) in [6.07, 6.45) is 0. The van der Waals surface area contributed by atoms with E-state index in [0.29, 0.717) is 6.04 Å². The highest BCUT2D eigenvalue weighted by Gasteiger charge is 2.31. The molecule has 1 N–H and O–H groups in total. The minimum Gasteiger partial charge on any atom is -0.321 e. The first-order valence-corrected chi connectivity index (χ1v) is 6.26. The number of benzene rings is 1. The predicted octanol–water partition coefficient (Wildman–Crippen LogP) is 2.08. The molecule has 0 aromatic heterocycles. The zero-order chi connectivity index (χ0) is 13.3. The zero-order valence-corrected chi connectivity index (χ0v) is 11.5. The van der Waals surface area contributed by atoms with Crippen molar-refractivity contribution in [1.82, 2.24) is 9.80 Å². The standard InChI is InChI=1S/C14H21N3O/c1-10-5-11(2)7-12(6-10)15-14(18)17-8-13(9-17)16(3)4/h5-7,13H,8-9H2,1-4H3,(H,15,18). The number of carbonyl (C=O) groups is 1. The Labute approximate surface area is 109 Å². The Morgan fingerprint density at radius 1 is 1.22 bits per heavy atom. The second kappa shape index (κ2) is 4.98. The van der Waals surface area contributed by atoms with E-state index in [4.69, 9.17) is 0 Å². The zero-order valence-electron chi connectivity index (χ0n) is 11.5. The van der Waals surface area contributed by atoms with Crippen LogP contribution in [0.4, 0.5) is 10.5 Å².